The van der Waals surface area contributed by atoms with Crippen LogP contribution in [0.2, 0.25) is 0 Å². The van der Waals surface area contributed by atoms with Crippen LogP contribution in [0.25, 0.3) is 0 Å². The van der Waals surface area contributed by atoms with Gasteiger partial charge in [0, 0.05) is 18.7 Å². The molecule has 0 saturated carbocycles. The van der Waals surface area contributed by atoms with Gasteiger partial charge in [-0.1, -0.05) is 18.2 Å². The Morgan fingerprint density at radius 2 is 2.25 bits per heavy atom. The first-order valence-electron chi connectivity index (χ1n) is 6.94. The molecule has 1 unspecified atom stereocenters. The number of ether oxygens (including phenoxy) is 1. The standard InChI is InChI=1S/C15H22N2O3/c1-15(16,14(18)19)7-4-8-17-9-10-20-13-6-3-2-5-12(13)11-17/h2-3,5-6H,4,7-11,16H2,1H3,(H,18,19). The van der Waals surface area contributed by atoms with Gasteiger partial charge in [-0.25, -0.2) is 0 Å². The van der Waals surface area contributed by atoms with Crippen molar-refractivity contribution in [1.82, 2.24) is 4.90 Å². The molecule has 1 heterocycles. The SMILES string of the molecule is CC(N)(CCCN1CCOc2ccccc2C1)C(=O)O. The van der Waals surface area contributed by atoms with Gasteiger partial charge < -0.3 is 15.6 Å². The summed E-state index contributed by atoms with van der Waals surface area (Å²) in [4.78, 5) is 13.2. The highest BCUT2D eigenvalue weighted by Gasteiger charge is 2.27. The second-order valence-electron chi connectivity index (χ2n) is 5.56. The highest BCUT2D eigenvalue weighted by molar-refractivity contribution is 5.77. The molecule has 0 radical (unpaired) electrons. The lowest BCUT2D eigenvalue weighted by atomic mass is 9.97. The number of para-hydroxylation sites is 1. The number of benzene rings is 1. The van der Waals surface area contributed by atoms with Gasteiger partial charge in [0.1, 0.15) is 17.9 Å². The van der Waals surface area contributed by atoms with Gasteiger partial charge in [-0.3, -0.25) is 9.69 Å². The van der Waals surface area contributed by atoms with Crippen LogP contribution in [0.3, 0.4) is 0 Å². The minimum Gasteiger partial charge on any atom is -0.492 e. The summed E-state index contributed by atoms with van der Waals surface area (Å²) in [6.07, 6.45) is 1.24. The monoisotopic (exact) mass is 278 g/mol. The molecular formula is C15H22N2O3. The van der Waals surface area contributed by atoms with Gasteiger partial charge in [-0.05, 0) is 32.4 Å². The lowest BCUT2D eigenvalue weighted by Gasteiger charge is -2.23. The van der Waals surface area contributed by atoms with Crippen molar-refractivity contribution in [1.29, 1.82) is 0 Å². The molecule has 0 bridgehead atoms. The zero-order valence-electron chi connectivity index (χ0n) is 11.8. The molecule has 1 aromatic rings. The van der Waals surface area contributed by atoms with Gasteiger partial charge in [0.15, 0.2) is 0 Å². The van der Waals surface area contributed by atoms with Gasteiger partial charge in [0.2, 0.25) is 0 Å². The van der Waals surface area contributed by atoms with Crippen molar-refractivity contribution in [3.8, 4) is 5.75 Å². The van der Waals surface area contributed by atoms with Crippen molar-refractivity contribution in [2.75, 3.05) is 19.7 Å². The maximum Gasteiger partial charge on any atom is 0.323 e. The Bertz CT molecular complexity index is 474. The maximum absolute atomic E-state index is 11.0. The fraction of sp³-hybridized carbons (Fsp3) is 0.533. The zero-order chi connectivity index (χ0) is 14.6. The third-order valence-corrected chi connectivity index (χ3v) is 3.69. The summed E-state index contributed by atoms with van der Waals surface area (Å²) >= 11 is 0. The Labute approximate surface area is 119 Å². The van der Waals surface area contributed by atoms with Crippen LogP contribution in [-0.4, -0.2) is 41.2 Å². The molecule has 3 N–H and O–H groups in total. The molecule has 0 spiro atoms. The van der Waals surface area contributed by atoms with Crippen molar-refractivity contribution >= 4 is 5.97 Å². The van der Waals surface area contributed by atoms with Crippen molar-refractivity contribution in [3.05, 3.63) is 29.8 Å². The molecular weight excluding hydrogens is 256 g/mol. The molecule has 1 aromatic carbocycles. The average molecular weight is 278 g/mol. The molecule has 1 atom stereocenters. The van der Waals surface area contributed by atoms with E-state index in [2.05, 4.69) is 11.0 Å². The van der Waals surface area contributed by atoms with Crippen LogP contribution in [0.1, 0.15) is 25.3 Å². The van der Waals surface area contributed by atoms with E-state index in [1.807, 2.05) is 18.2 Å². The summed E-state index contributed by atoms with van der Waals surface area (Å²) in [6, 6.07) is 8.03. The highest BCUT2D eigenvalue weighted by atomic mass is 16.5. The van der Waals surface area contributed by atoms with Crippen LogP contribution >= 0.6 is 0 Å². The fourth-order valence-corrected chi connectivity index (χ4v) is 2.35. The van der Waals surface area contributed by atoms with E-state index in [-0.39, 0.29) is 0 Å². The normalized spacial score (nSPS) is 18.5. The molecule has 110 valence electrons. The van der Waals surface area contributed by atoms with Crippen LogP contribution in [0.15, 0.2) is 24.3 Å². The third kappa shape index (κ3) is 3.71. The second kappa shape index (κ2) is 6.24. The van der Waals surface area contributed by atoms with Gasteiger partial charge >= 0.3 is 5.97 Å². The van der Waals surface area contributed by atoms with E-state index >= 15 is 0 Å². The largest absolute Gasteiger partial charge is 0.492 e. The van der Waals surface area contributed by atoms with Crippen molar-refractivity contribution in [3.63, 3.8) is 0 Å². The summed E-state index contributed by atoms with van der Waals surface area (Å²) in [5.74, 6) is 0.00578. The third-order valence-electron chi connectivity index (χ3n) is 3.69. The zero-order valence-corrected chi connectivity index (χ0v) is 11.8. The summed E-state index contributed by atoms with van der Waals surface area (Å²) in [6.45, 7) is 4.75. The van der Waals surface area contributed by atoms with Crippen LogP contribution in [0.5, 0.6) is 5.75 Å². The van der Waals surface area contributed by atoms with E-state index in [0.29, 0.717) is 13.0 Å². The summed E-state index contributed by atoms with van der Waals surface area (Å²) < 4.78 is 5.70. The van der Waals surface area contributed by atoms with Crippen molar-refractivity contribution in [2.24, 2.45) is 5.73 Å². The Balaban J connectivity index is 1.87. The van der Waals surface area contributed by atoms with Gasteiger partial charge in [0.25, 0.3) is 0 Å². The van der Waals surface area contributed by atoms with Crippen LogP contribution < -0.4 is 10.5 Å². The fourth-order valence-electron chi connectivity index (χ4n) is 2.35. The van der Waals surface area contributed by atoms with Crippen LogP contribution in [0.4, 0.5) is 0 Å². The molecule has 0 aliphatic carbocycles. The lowest BCUT2D eigenvalue weighted by molar-refractivity contribution is -0.142. The van der Waals surface area contributed by atoms with E-state index in [9.17, 15) is 4.79 Å². The van der Waals surface area contributed by atoms with Gasteiger partial charge in [-0.2, -0.15) is 0 Å². The van der Waals surface area contributed by atoms with Crippen LogP contribution in [0, 0.1) is 0 Å². The maximum atomic E-state index is 11.0. The molecule has 0 aromatic heterocycles. The number of nitrogens with zero attached hydrogens (tertiary/aromatic N) is 1. The van der Waals surface area contributed by atoms with Gasteiger partial charge in [0.05, 0.1) is 0 Å². The molecule has 0 saturated heterocycles. The summed E-state index contributed by atoms with van der Waals surface area (Å²) in [5, 5.41) is 8.99. The molecule has 5 nitrogen and oxygen atoms in total. The minimum atomic E-state index is -1.14. The number of fused-ring (bicyclic) bond motifs is 1. The number of aliphatic carboxylic acids is 1. The molecule has 5 heteroatoms. The number of carboxylic acid groups (broad SMARTS) is 1. The average Bonchev–Trinajstić information content (AvgIpc) is 2.60. The summed E-state index contributed by atoms with van der Waals surface area (Å²) in [5.41, 5.74) is 5.78. The van der Waals surface area contributed by atoms with Crippen molar-refractivity contribution in [2.45, 2.75) is 31.8 Å². The summed E-state index contributed by atoms with van der Waals surface area (Å²) in [7, 11) is 0. The van der Waals surface area contributed by atoms with Crippen molar-refractivity contribution < 1.29 is 14.6 Å². The number of hydrogen-bond acceptors (Lipinski definition) is 4. The first-order chi connectivity index (χ1) is 9.49. The molecule has 2 rings (SSSR count). The quantitative estimate of drug-likeness (QED) is 0.853. The Hall–Kier alpha value is -1.59. The number of hydrogen-bond donors (Lipinski definition) is 2. The van der Waals surface area contributed by atoms with E-state index < -0.39 is 11.5 Å². The highest BCUT2D eigenvalue weighted by Crippen LogP contribution is 2.22. The number of rotatable bonds is 5. The van der Waals surface area contributed by atoms with E-state index in [1.54, 1.807) is 6.92 Å². The Morgan fingerprint density at radius 3 is 3.00 bits per heavy atom. The second-order valence-corrected chi connectivity index (χ2v) is 5.56. The first-order valence-corrected chi connectivity index (χ1v) is 6.94. The Kier molecular flexibility index (Phi) is 4.62. The van der Waals surface area contributed by atoms with E-state index in [0.717, 1.165) is 31.8 Å². The Morgan fingerprint density at radius 1 is 1.50 bits per heavy atom. The van der Waals surface area contributed by atoms with E-state index in [4.69, 9.17) is 15.6 Å². The van der Waals surface area contributed by atoms with Crippen LogP contribution in [-0.2, 0) is 11.3 Å². The molecule has 1 aliphatic rings. The molecule has 0 fully saturated rings. The lowest BCUT2D eigenvalue weighted by Crippen LogP contribution is -2.45. The smallest absolute Gasteiger partial charge is 0.323 e. The van der Waals surface area contributed by atoms with Gasteiger partial charge in [-0.15, -0.1) is 0 Å². The number of carbonyl (C=O) groups is 1. The molecule has 1 aliphatic heterocycles. The number of carboxylic acids is 1. The molecule has 20 heavy (non-hydrogen) atoms. The van der Waals surface area contributed by atoms with E-state index in [1.165, 1.54) is 5.56 Å². The topological polar surface area (TPSA) is 75.8 Å². The first kappa shape index (κ1) is 14.8. The minimum absolute atomic E-state index is 0.474. The number of nitrogens with two attached hydrogens (primary N) is 1. The predicted molar refractivity (Wildman–Crippen MR) is 76.7 cm³/mol. The molecule has 0 amide bonds. The predicted octanol–water partition coefficient (Wildman–Crippen LogP) is 1.46.